The normalized spacial score (nSPS) is 10.0. The van der Waals surface area contributed by atoms with Crippen LogP contribution in [0.5, 0.6) is 5.75 Å². The molecule has 0 amide bonds. The van der Waals surface area contributed by atoms with E-state index >= 15 is 0 Å². The zero-order chi connectivity index (χ0) is 12.3. The Morgan fingerprint density at radius 3 is 2.59 bits per heavy atom. The molecule has 0 radical (unpaired) electrons. The molecular weight excluding hydrogens is 219 g/mol. The van der Waals surface area contributed by atoms with Crippen molar-refractivity contribution in [3.05, 3.63) is 53.8 Å². The lowest BCUT2D eigenvalue weighted by Gasteiger charge is -2.10. The molecule has 0 fully saturated rings. The molecule has 0 saturated carbocycles. The molecule has 0 bridgehead atoms. The molecule has 0 N–H and O–H groups in total. The Labute approximate surface area is 98.7 Å². The minimum atomic E-state index is -0.378. The topological polar surface area (TPSA) is 26.3 Å². The van der Waals surface area contributed by atoms with E-state index in [1.807, 2.05) is 12.1 Å². The second kappa shape index (κ2) is 4.78. The molecule has 0 unspecified atom stereocenters. The second-order valence-electron chi connectivity index (χ2n) is 3.55. The molecule has 3 heteroatoms. The smallest absolute Gasteiger partial charge is 0.150 e. The average Bonchev–Trinajstić information content (AvgIpc) is 2.38. The number of aldehydes is 1. The van der Waals surface area contributed by atoms with Gasteiger partial charge in [0.15, 0.2) is 6.29 Å². The van der Waals surface area contributed by atoms with Crippen LogP contribution in [0, 0.1) is 5.82 Å². The third-order valence-electron chi connectivity index (χ3n) is 2.54. The van der Waals surface area contributed by atoms with Gasteiger partial charge < -0.3 is 4.74 Å². The van der Waals surface area contributed by atoms with Crippen LogP contribution in [-0.4, -0.2) is 13.4 Å². The van der Waals surface area contributed by atoms with Crippen LogP contribution in [0.15, 0.2) is 42.5 Å². The number of benzene rings is 2. The highest BCUT2D eigenvalue weighted by atomic mass is 19.1. The number of hydrogen-bond donors (Lipinski definition) is 0. The largest absolute Gasteiger partial charge is 0.496 e. The molecular formula is C14H11FO2. The van der Waals surface area contributed by atoms with Gasteiger partial charge >= 0.3 is 0 Å². The fraction of sp³-hybridized carbons (Fsp3) is 0.0714. The fourth-order valence-electron chi connectivity index (χ4n) is 1.73. The lowest BCUT2D eigenvalue weighted by molar-refractivity contribution is 0.112. The van der Waals surface area contributed by atoms with Crippen molar-refractivity contribution in [3.63, 3.8) is 0 Å². The highest BCUT2D eigenvalue weighted by Crippen LogP contribution is 2.31. The molecule has 0 aliphatic heterocycles. The molecule has 0 aliphatic rings. The zero-order valence-electron chi connectivity index (χ0n) is 9.31. The van der Waals surface area contributed by atoms with Crippen LogP contribution in [-0.2, 0) is 0 Å². The maximum absolute atomic E-state index is 13.2. The van der Waals surface area contributed by atoms with E-state index in [2.05, 4.69) is 0 Å². The predicted octanol–water partition coefficient (Wildman–Crippen LogP) is 3.31. The number of halogens is 1. The monoisotopic (exact) mass is 230 g/mol. The molecule has 0 saturated heterocycles. The summed E-state index contributed by atoms with van der Waals surface area (Å²) < 4.78 is 18.4. The Morgan fingerprint density at radius 1 is 1.12 bits per heavy atom. The number of rotatable bonds is 3. The zero-order valence-corrected chi connectivity index (χ0v) is 9.31. The van der Waals surface area contributed by atoms with E-state index in [1.54, 1.807) is 19.2 Å². The first-order valence-electron chi connectivity index (χ1n) is 5.14. The Balaban J connectivity index is 2.66. The summed E-state index contributed by atoms with van der Waals surface area (Å²) in [6, 6.07) is 11.3. The van der Waals surface area contributed by atoms with Gasteiger partial charge in [0.05, 0.1) is 7.11 Å². The van der Waals surface area contributed by atoms with Gasteiger partial charge in [-0.1, -0.05) is 18.2 Å². The van der Waals surface area contributed by atoms with Gasteiger partial charge in [-0.15, -0.1) is 0 Å². The molecule has 0 heterocycles. The Bertz CT molecular complexity index is 550. The van der Waals surface area contributed by atoms with Crippen LogP contribution in [0.2, 0.25) is 0 Å². The number of methoxy groups -OCH3 is 1. The van der Waals surface area contributed by atoms with Crippen molar-refractivity contribution < 1.29 is 13.9 Å². The number of carbonyl (C=O) groups is 1. The van der Waals surface area contributed by atoms with Crippen LogP contribution in [0.25, 0.3) is 11.1 Å². The first-order chi connectivity index (χ1) is 8.26. The molecule has 17 heavy (non-hydrogen) atoms. The molecule has 2 aromatic rings. The first kappa shape index (κ1) is 11.3. The van der Waals surface area contributed by atoms with E-state index < -0.39 is 0 Å². The highest BCUT2D eigenvalue weighted by Gasteiger charge is 2.10. The van der Waals surface area contributed by atoms with Gasteiger partial charge in [-0.05, 0) is 29.8 Å². The van der Waals surface area contributed by atoms with Crippen molar-refractivity contribution >= 4 is 6.29 Å². The summed E-state index contributed by atoms with van der Waals surface area (Å²) in [6.07, 6.45) is 0.710. The van der Waals surface area contributed by atoms with Gasteiger partial charge in [0.25, 0.3) is 0 Å². The van der Waals surface area contributed by atoms with Crippen LogP contribution >= 0.6 is 0 Å². The number of para-hydroxylation sites is 1. The minimum absolute atomic E-state index is 0.378. The summed E-state index contributed by atoms with van der Waals surface area (Å²) in [5.74, 6) is 0.234. The lowest BCUT2D eigenvalue weighted by atomic mass is 9.99. The summed E-state index contributed by atoms with van der Waals surface area (Å²) in [4.78, 5) is 10.9. The van der Waals surface area contributed by atoms with Crippen molar-refractivity contribution in [1.82, 2.24) is 0 Å². The first-order valence-corrected chi connectivity index (χ1v) is 5.14. The van der Waals surface area contributed by atoms with Gasteiger partial charge in [-0.2, -0.15) is 0 Å². The molecule has 0 spiro atoms. The van der Waals surface area contributed by atoms with E-state index in [4.69, 9.17) is 4.74 Å². The number of hydrogen-bond acceptors (Lipinski definition) is 2. The number of ether oxygens (including phenoxy) is 1. The van der Waals surface area contributed by atoms with Gasteiger partial charge in [-0.3, -0.25) is 4.79 Å². The highest BCUT2D eigenvalue weighted by molar-refractivity contribution is 5.89. The van der Waals surface area contributed by atoms with E-state index in [9.17, 15) is 9.18 Å². The molecule has 0 aliphatic carbocycles. The summed E-state index contributed by atoms with van der Waals surface area (Å²) in [6.45, 7) is 0. The van der Waals surface area contributed by atoms with Crippen LogP contribution in [0.1, 0.15) is 10.4 Å². The maximum Gasteiger partial charge on any atom is 0.150 e. The van der Waals surface area contributed by atoms with Crippen molar-refractivity contribution in [2.24, 2.45) is 0 Å². The Morgan fingerprint density at radius 2 is 1.88 bits per heavy atom. The summed E-state index contributed by atoms with van der Waals surface area (Å²) in [5, 5.41) is 0. The molecule has 2 aromatic carbocycles. The fourth-order valence-corrected chi connectivity index (χ4v) is 1.73. The molecule has 2 nitrogen and oxygen atoms in total. The summed E-state index contributed by atoms with van der Waals surface area (Å²) >= 11 is 0. The average molecular weight is 230 g/mol. The third kappa shape index (κ3) is 2.18. The van der Waals surface area contributed by atoms with Crippen molar-refractivity contribution in [3.8, 4) is 16.9 Å². The SMILES string of the molecule is COc1ccccc1-c1cc(F)ccc1C=O. The quantitative estimate of drug-likeness (QED) is 0.756. The number of carbonyl (C=O) groups excluding carboxylic acids is 1. The second-order valence-corrected chi connectivity index (χ2v) is 3.55. The van der Waals surface area contributed by atoms with E-state index in [0.29, 0.717) is 28.7 Å². The van der Waals surface area contributed by atoms with Gasteiger partial charge in [-0.25, -0.2) is 4.39 Å². The van der Waals surface area contributed by atoms with E-state index in [-0.39, 0.29) is 5.82 Å². The molecule has 86 valence electrons. The standard InChI is InChI=1S/C14H11FO2/c1-17-14-5-3-2-4-12(14)13-8-11(15)7-6-10(13)9-16/h2-9H,1H3. The Kier molecular flexibility index (Phi) is 3.19. The predicted molar refractivity (Wildman–Crippen MR) is 63.8 cm³/mol. The van der Waals surface area contributed by atoms with Crippen molar-refractivity contribution in [2.75, 3.05) is 7.11 Å². The van der Waals surface area contributed by atoms with E-state index in [1.165, 1.54) is 18.2 Å². The molecule has 0 atom stereocenters. The van der Waals surface area contributed by atoms with Gasteiger partial charge in [0.1, 0.15) is 11.6 Å². The van der Waals surface area contributed by atoms with Crippen molar-refractivity contribution in [2.45, 2.75) is 0 Å². The lowest BCUT2D eigenvalue weighted by Crippen LogP contribution is -1.92. The Hall–Kier alpha value is -2.16. The van der Waals surface area contributed by atoms with Gasteiger partial charge in [0, 0.05) is 11.1 Å². The maximum atomic E-state index is 13.2. The van der Waals surface area contributed by atoms with Gasteiger partial charge in [0.2, 0.25) is 0 Å². The van der Waals surface area contributed by atoms with Crippen LogP contribution < -0.4 is 4.74 Å². The molecule has 0 aromatic heterocycles. The van der Waals surface area contributed by atoms with Crippen molar-refractivity contribution in [1.29, 1.82) is 0 Å². The van der Waals surface area contributed by atoms with Crippen LogP contribution in [0.3, 0.4) is 0 Å². The summed E-state index contributed by atoms with van der Waals surface area (Å²) in [7, 11) is 1.54. The summed E-state index contributed by atoms with van der Waals surface area (Å²) in [5.41, 5.74) is 1.69. The minimum Gasteiger partial charge on any atom is -0.496 e. The third-order valence-corrected chi connectivity index (χ3v) is 2.54. The molecule has 2 rings (SSSR count). The van der Waals surface area contributed by atoms with Crippen LogP contribution in [0.4, 0.5) is 4.39 Å². The van der Waals surface area contributed by atoms with E-state index in [0.717, 1.165) is 0 Å².